The summed E-state index contributed by atoms with van der Waals surface area (Å²) in [5.41, 5.74) is 2.98. The quantitative estimate of drug-likeness (QED) is 0.435. The Morgan fingerprint density at radius 2 is 1.83 bits per heavy atom. The first-order chi connectivity index (χ1) is 5.68. The lowest BCUT2D eigenvalue weighted by Crippen LogP contribution is -1.90. The van der Waals surface area contributed by atoms with Crippen molar-refractivity contribution < 1.29 is 4.74 Å². The SMILES string of the molecule is C[CH]OCCCCC(C)=C(C)C. The lowest BCUT2D eigenvalue weighted by molar-refractivity contribution is 0.198. The average molecular weight is 169 g/mol. The van der Waals surface area contributed by atoms with Gasteiger partial charge in [0, 0.05) is 6.61 Å². The van der Waals surface area contributed by atoms with Gasteiger partial charge in [0.05, 0.1) is 6.61 Å². The van der Waals surface area contributed by atoms with Crippen LogP contribution < -0.4 is 0 Å². The fourth-order valence-corrected chi connectivity index (χ4v) is 0.943. The molecular weight excluding hydrogens is 148 g/mol. The van der Waals surface area contributed by atoms with Crippen molar-refractivity contribution in [2.45, 2.75) is 47.0 Å². The maximum atomic E-state index is 5.13. The van der Waals surface area contributed by atoms with Gasteiger partial charge in [-0.2, -0.15) is 0 Å². The van der Waals surface area contributed by atoms with Gasteiger partial charge in [0.1, 0.15) is 0 Å². The van der Waals surface area contributed by atoms with Crippen molar-refractivity contribution in [1.82, 2.24) is 0 Å². The monoisotopic (exact) mass is 169 g/mol. The van der Waals surface area contributed by atoms with Crippen LogP contribution >= 0.6 is 0 Å². The zero-order chi connectivity index (χ0) is 9.40. The van der Waals surface area contributed by atoms with Crippen molar-refractivity contribution in [2.75, 3.05) is 6.61 Å². The fourth-order valence-electron chi connectivity index (χ4n) is 0.943. The normalized spacial score (nSPS) is 10.0. The Hall–Kier alpha value is -0.300. The summed E-state index contributed by atoms with van der Waals surface area (Å²) in [6, 6.07) is 0. The molecule has 1 nitrogen and oxygen atoms in total. The number of rotatable bonds is 6. The van der Waals surface area contributed by atoms with E-state index in [-0.39, 0.29) is 0 Å². The van der Waals surface area contributed by atoms with Crippen LogP contribution in [0.15, 0.2) is 11.1 Å². The van der Waals surface area contributed by atoms with Crippen molar-refractivity contribution in [1.29, 1.82) is 0 Å². The zero-order valence-electron chi connectivity index (χ0n) is 8.81. The van der Waals surface area contributed by atoms with E-state index in [1.54, 1.807) is 6.61 Å². The predicted molar refractivity (Wildman–Crippen MR) is 53.8 cm³/mol. The van der Waals surface area contributed by atoms with Crippen molar-refractivity contribution in [3.05, 3.63) is 17.8 Å². The van der Waals surface area contributed by atoms with Gasteiger partial charge in [0.25, 0.3) is 0 Å². The summed E-state index contributed by atoms with van der Waals surface area (Å²) in [7, 11) is 0. The van der Waals surface area contributed by atoms with E-state index >= 15 is 0 Å². The smallest absolute Gasteiger partial charge is 0.0805 e. The summed E-state index contributed by atoms with van der Waals surface area (Å²) in [5, 5.41) is 0. The Kier molecular flexibility index (Phi) is 7.17. The number of allylic oxidation sites excluding steroid dienone is 2. The molecule has 0 aromatic heterocycles. The van der Waals surface area contributed by atoms with E-state index in [0.717, 1.165) is 13.0 Å². The summed E-state index contributed by atoms with van der Waals surface area (Å²) < 4.78 is 5.13. The molecule has 0 aliphatic rings. The molecule has 1 heteroatoms. The molecule has 0 saturated heterocycles. The molecule has 1 radical (unpaired) electrons. The molecule has 0 atom stereocenters. The summed E-state index contributed by atoms with van der Waals surface area (Å²) in [6.07, 6.45) is 3.62. The topological polar surface area (TPSA) is 9.23 Å². The van der Waals surface area contributed by atoms with Gasteiger partial charge in [-0.15, -0.1) is 0 Å². The molecule has 0 spiro atoms. The van der Waals surface area contributed by atoms with E-state index in [9.17, 15) is 0 Å². The molecular formula is C11H21O. The maximum Gasteiger partial charge on any atom is 0.0805 e. The van der Waals surface area contributed by atoms with Crippen LogP contribution in [0.4, 0.5) is 0 Å². The highest BCUT2D eigenvalue weighted by Gasteiger charge is 1.93. The summed E-state index contributed by atoms with van der Waals surface area (Å²) in [6.45, 7) is 11.1. The van der Waals surface area contributed by atoms with Gasteiger partial charge < -0.3 is 4.74 Å². The lowest BCUT2D eigenvalue weighted by Gasteiger charge is -2.03. The number of unbranched alkanes of at least 4 members (excludes halogenated alkanes) is 1. The fraction of sp³-hybridized carbons (Fsp3) is 0.727. The Morgan fingerprint density at radius 1 is 1.17 bits per heavy atom. The Balaban J connectivity index is 3.26. The molecule has 0 N–H and O–H groups in total. The van der Waals surface area contributed by atoms with E-state index in [0.29, 0.717) is 0 Å². The first kappa shape index (κ1) is 11.7. The molecule has 0 aliphatic carbocycles. The molecule has 0 unspecified atom stereocenters. The van der Waals surface area contributed by atoms with E-state index in [1.807, 2.05) is 6.92 Å². The highest BCUT2D eigenvalue weighted by molar-refractivity contribution is 5.06. The highest BCUT2D eigenvalue weighted by Crippen LogP contribution is 2.10. The molecule has 0 saturated carbocycles. The van der Waals surface area contributed by atoms with E-state index < -0.39 is 0 Å². The highest BCUT2D eigenvalue weighted by atomic mass is 16.5. The molecule has 0 fully saturated rings. The van der Waals surface area contributed by atoms with Crippen LogP contribution in [0.5, 0.6) is 0 Å². The molecule has 0 rings (SSSR count). The minimum absolute atomic E-state index is 0.868. The van der Waals surface area contributed by atoms with E-state index in [4.69, 9.17) is 4.74 Å². The summed E-state index contributed by atoms with van der Waals surface area (Å²) in [4.78, 5) is 0. The second-order valence-corrected chi connectivity index (χ2v) is 3.34. The molecule has 0 bridgehead atoms. The third-order valence-electron chi connectivity index (χ3n) is 2.08. The minimum Gasteiger partial charge on any atom is -0.376 e. The minimum atomic E-state index is 0.868. The third-order valence-corrected chi connectivity index (χ3v) is 2.08. The molecule has 0 aliphatic heterocycles. The van der Waals surface area contributed by atoms with Crippen molar-refractivity contribution in [2.24, 2.45) is 0 Å². The summed E-state index contributed by atoms with van der Waals surface area (Å²) >= 11 is 0. The maximum absolute atomic E-state index is 5.13. The van der Waals surface area contributed by atoms with Gasteiger partial charge in [-0.3, -0.25) is 0 Å². The van der Waals surface area contributed by atoms with Crippen molar-refractivity contribution in [3.8, 4) is 0 Å². The van der Waals surface area contributed by atoms with E-state index in [2.05, 4.69) is 20.8 Å². The van der Waals surface area contributed by atoms with Crippen molar-refractivity contribution in [3.63, 3.8) is 0 Å². The van der Waals surface area contributed by atoms with Gasteiger partial charge in [-0.25, -0.2) is 0 Å². The number of hydrogen-bond donors (Lipinski definition) is 0. The van der Waals surface area contributed by atoms with Crippen LogP contribution in [0, 0.1) is 6.61 Å². The van der Waals surface area contributed by atoms with Crippen LogP contribution in [-0.4, -0.2) is 6.61 Å². The Labute approximate surface area is 76.8 Å². The first-order valence-electron chi connectivity index (χ1n) is 4.71. The number of hydrogen-bond acceptors (Lipinski definition) is 1. The van der Waals surface area contributed by atoms with Gasteiger partial charge in [0.15, 0.2) is 0 Å². The molecule has 71 valence electrons. The van der Waals surface area contributed by atoms with Crippen LogP contribution in [0.1, 0.15) is 47.0 Å². The van der Waals surface area contributed by atoms with Crippen molar-refractivity contribution >= 4 is 0 Å². The molecule has 0 aromatic carbocycles. The second kappa shape index (κ2) is 7.35. The average Bonchev–Trinajstić information content (AvgIpc) is 2.03. The number of ether oxygens (including phenoxy) is 1. The van der Waals surface area contributed by atoms with Crippen LogP contribution in [0.25, 0.3) is 0 Å². The first-order valence-corrected chi connectivity index (χ1v) is 4.71. The Morgan fingerprint density at radius 3 is 2.33 bits per heavy atom. The lowest BCUT2D eigenvalue weighted by atomic mass is 10.1. The molecule has 0 heterocycles. The summed E-state index contributed by atoms with van der Waals surface area (Å²) in [5.74, 6) is 0. The van der Waals surface area contributed by atoms with Crippen LogP contribution in [0.3, 0.4) is 0 Å². The Bertz CT molecular complexity index is 132. The van der Waals surface area contributed by atoms with Gasteiger partial charge in [-0.1, -0.05) is 11.1 Å². The van der Waals surface area contributed by atoms with Crippen LogP contribution in [-0.2, 0) is 4.74 Å². The molecule has 0 amide bonds. The second-order valence-electron chi connectivity index (χ2n) is 3.34. The van der Waals surface area contributed by atoms with Gasteiger partial charge in [0.2, 0.25) is 0 Å². The third kappa shape index (κ3) is 6.41. The largest absolute Gasteiger partial charge is 0.376 e. The van der Waals surface area contributed by atoms with Gasteiger partial charge in [-0.05, 0) is 47.0 Å². The standard InChI is InChI=1S/C11H21O/c1-5-12-9-7-6-8-11(4)10(2)3/h5H,6-9H2,1-4H3. The van der Waals surface area contributed by atoms with E-state index in [1.165, 1.54) is 24.0 Å². The molecule has 12 heavy (non-hydrogen) atoms. The molecule has 0 aromatic rings. The predicted octanol–water partition coefficient (Wildman–Crippen LogP) is 3.71. The van der Waals surface area contributed by atoms with Crippen LogP contribution in [0.2, 0.25) is 0 Å². The van der Waals surface area contributed by atoms with Gasteiger partial charge >= 0.3 is 0 Å². The zero-order valence-corrected chi connectivity index (χ0v) is 8.81.